The zero-order valence-electron chi connectivity index (χ0n) is 17.0. The Labute approximate surface area is 173 Å². The van der Waals surface area contributed by atoms with Crippen molar-refractivity contribution < 1.29 is 19.4 Å². The molecule has 0 atom stereocenters. The molecule has 2 rings (SSSR count). The van der Waals surface area contributed by atoms with Crippen LogP contribution in [0.15, 0.2) is 24.3 Å². The first kappa shape index (κ1) is 22.9. The molecule has 6 nitrogen and oxygen atoms in total. The van der Waals surface area contributed by atoms with Gasteiger partial charge in [0.15, 0.2) is 0 Å². The van der Waals surface area contributed by atoms with E-state index in [9.17, 15) is 4.79 Å². The largest absolute Gasteiger partial charge is 0.415 e. The number of aliphatic hydroxyl groups excluding tert-OH is 1. The molecule has 0 aromatic heterocycles. The summed E-state index contributed by atoms with van der Waals surface area (Å²) in [6.45, 7) is 5.67. The third-order valence-electron chi connectivity index (χ3n) is 5.33. The number of benzene rings is 1. The average Bonchev–Trinajstić information content (AvgIpc) is 2.71. The molecule has 1 N–H and O–H groups in total. The summed E-state index contributed by atoms with van der Waals surface area (Å²) < 4.78 is 11.4. The van der Waals surface area contributed by atoms with Crippen LogP contribution in [0.5, 0.6) is 5.75 Å². The molecular weight excluding hydrogens is 380 g/mol. The van der Waals surface area contributed by atoms with Gasteiger partial charge >= 0.3 is 6.09 Å². The predicted molar refractivity (Wildman–Crippen MR) is 111 cm³/mol. The van der Waals surface area contributed by atoms with E-state index in [0.717, 1.165) is 58.3 Å². The van der Waals surface area contributed by atoms with Crippen molar-refractivity contribution in [2.24, 2.45) is 0 Å². The summed E-state index contributed by atoms with van der Waals surface area (Å²) in [6, 6.07) is 6.98. The van der Waals surface area contributed by atoms with E-state index < -0.39 is 0 Å². The van der Waals surface area contributed by atoms with E-state index in [4.69, 9.17) is 26.2 Å². The van der Waals surface area contributed by atoms with Gasteiger partial charge in [-0.15, -0.1) is 0 Å². The maximum absolute atomic E-state index is 12.4. The van der Waals surface area contributed by atoms with Crippen LogP contribution in [0.4, 0.5) is 4.79 Å². The van der Waals surface area contributed by atoms with Crippen molar-refractivity contribution in [1.29, 1.82) is 0 Å². The zero-order valence-corrected chi connectivity index (χ0v) is 17.7. The highest BCUT2D eigenvalue weighted by molar-refractivity contribution is 6.30. The second-order valence-electron chi connectivity index (χ2n) is 7.25. The second-order valence-corrected chi connectivity index (χ2v) is 7.68. The molecule has 0 bridgehead atoms. The highest BCUT2D eigenvalue weighted by Gasteiger charge is 2.27. The first-order chi connectivity index (χ1) is 13.5. The molecule has 1 aromatic rings. The van der Waals surface area contributed by atoms with Crippen molar-refractivity contribution >= 4 is 17.7 Å². The van der Waals surface area contributed by atoms with E-state index in [1.54, 1.807) is 36.2 Å². The van der Waals surface area contributed by atoms with Crippen LogP contribution in [-0.4, -0.2) is 73.0 Å². The Balaban J connectivity index is 1.65. The topological polar surface area (TPSA) is 62.2 Å². The number of carbonyl (C=O) groups excluding carboxylic acids is 1. The molecule has 0 radical (unpaired) electrons. The molecule has 1 fully saturated rings. The molecule has 0 heterocycles. The molecule has 0 saturated heterocycles. The first-order valence-corrected chi connectivity index (χ1v) is 10.6. The van der Waals surface area contributed by atoms with Gasteiger partial charge < -0.3 is 24.4 Å². The van der Waals surface area contributed by atoms with Gasteiger partial charge in [0, 0.05) is 37.8 Å². The average molecular weight is 413 g/mol. The lowest BCUT2D eigenvalue weighted by atomic mass is 9.92. The Hall–Kier alpha value is -1.34. The molecule has 0 aliphatic heterocycles. The van der Waals surface area contributed by atoms with Gasteiger partial charge in [0.2, 0.25) is 0 Å². The number of likely N-dealkylation sites (N-methyl/N-ethyl adjacent to an activating group) is 1. The van der Waals surface area contributed by atoms with Gasteiger partial charge in [-0.05, 0) is 62.9 Å². The van der Waals surface area contributed by atoms with Crippen LogP contribution < -0.4 is 4.74 Å². The Bertz CT molecular complexity index is 576. The molecule has 1 aliphatic carbocycles. The van der Waals surface area contributed by atoms with Crippen molar-refractivity contribution in [2.75, 3.05) is 39.9 Å². The van der Waals surface area contributed by atoms with E-state index in [1.165, 1.54) is 0 Å². The van der Waals surface area contributed by atoms with E-state index in [1.807, 2.05) is 0 Å². The van der Waals surface area contributed by atoms with E-state index in [0.29, 0.717) is 10.8 Å². The van der Waals surface area contributed by atoms with Crippen LogP contribution in [-0.2, 0) is 4.74 Å². The lowest BCUT2D eigenvalue weighted by Crippen LogP contribution is -2.42. The quantitative estimate of drug-likeness (QED) is 0.592. The van der Waals surface area contributed by atoms with Crippen LogP contribution in [0, 0.1) is 0 Å². The number of amides is 1. The van der Waals surface area contributed by atoms with Gasteiger partial charge in [-0.25, -0.2) is 4.79 Å². The Morgan fingerprint density at radius 3 is 2.46 bits per heavy atom. The lowest BCUT2D eigenvalue weighted by molar-refractivity contribution is 0.00815. The minimum absolute atomic E-state index is 0.180. The highest BCUT2D eigenvalue weighted by atomic mass is 35.5. The summed E-state index contributed by atoms with van der Waals surface area (Å²) in [4.78, 5) is 16.3. The molecule has 7 heteroatoms. The third kappa shape index (κ3) is 7.59. The molecule has 158 valence electrons. The number of carbonyl (C=O) groups is 1. The summed E-state index contributed by atoms with van der Waals surface area (Å²) in [5.41, 5.74) is 0. The van der Waals surface area contributed by atoms with Crippen LogP contribution in [0.3, 0.4) is 0 Å². The minimum Gasteiger partial charge on any atom is -0.410 e. The highest BCUT2D eigenvalue weighted by Crippen LogP contribution is 2.25. The van der Waals surface area contributed by atoms with E-state index in [-0.39, 0.29) is 24.8 Å². The van der Waals surface area contributed by atoms with E-state index in [2.05, 4.69) is 11.8 Å². The fourth-order valence-electron chi connectivity index (χ4n) is 3.53. The smallest absolute Gasteiger partial charge is 0.410 e. The summed E-state index contributed by atoms with van der Waals surface area (Å²) in [5, 5.41) is 9.63. The minimum atomic E-state index is -0.338. The van der Waals surface area contributed by atoms with Gasteiger partial charge in [0.25, 0.3) is 0 Å². The van der Waals surface area contributed by atoms with Crippen LogP contribution in [0.2, 0.25) is 5.02 Å². The number of ether oxygens (including phenoxy) is 2. The van der Waals surface area contributed by atoms with Crippen molar-refractivity contribution in [3.63, 3.8) is 0 Å². The van der Waals surface area contributed by atoms with Crippen molar-refractivity contribution in [2.45, 2.75) is 51.2 Å². The number of hydrogen-bond donors (Lipinski definition) is 1. The van der Waals surface area contributed by atoms with Crippen LogP contribution >= 0.6 is 11.6 Å². The number of nitrogens with zero attached hydrogens (tertiary/aromatic N) is 2. The standard InChI is InChI=1S/C21H33ClN2O4/c1-3-24(14-15-25)13-4-16-27-19-11-7-18(8-12-19)23(2)21(26)28-20-9-5-17(22)6-10-20/h5-6,9-10,18-19,25H,3-4,7-8,11-16H2,1-2H3. The summed E-state index contributed by atoms with van der Waals surface area (Å²) in [7, 11) is 1.80. The summed E-state index contributed by atoms with van der Waals surface area (Å²) >= 11 is 5.85. The fourth-order valence-corrected chi connectivity index (χ4v) is 3.66. The monoisotopic (exact) mass is 412 g/mol. The summed E-state index contributed by atoms with van der Waals surface area (Å²) in [5.74, 6) is 0.501. The van der Waals surface area contributed by atoms with Crippen molar-refractivity contribution in [1.82, 2.24) is 9.80 Å². The SMILES string of the molecule is CCN(CCO)CCCOC1CCC(N(C)C(=O)Oc2ccc(Cl)cc2)CC1. The molecule has 0 spiro atoms. The molecule has 28 heavy (non-hydrogen) atoms. The Kier molecular flexibility index (Phi) is 10.1. The fraction of sp³-hybridized carbons (Fsp3) is 0.667. The molecule has 1 amide bonds. The Morgan fingerprint density at radius 2 is 1.86 bits per heavy atom. The maximum atomic E-state index is 12.4. The van der Waals surface area contributed by atoms with Gasteiger partial charge in [-0.3, -0.25) is 0 Å². The number of rotatable bonds is 10. The predicted octanol–water partition coefficient (Wildman–Crippen LogP) is 3.80. The van der Waals surface area contributed by atoms with Gasteiger partial charge in [-0.1, -0.05) is 18.5 Å². The zero-order chi connectivity index (χ0) is 20.4. The van der Waals surface area contributed by atoms with Gasteiger partial charge in [-0.2, -0.15) is 0 Å². The second kappa shape index (κ2) is 12.3. The number of halogens is 1. The Morgan fingerprint density at radius 1 is 1.18 bits per heavy atom. The molecule has 1 aromatic carbocycles. The van der Waals surface area contributed by atoms with Gasteiger partial charge in [0.05, 0.1) is 12.7 Å². The lowest BCUT2D eigenvalue weighted by Gasteiger charge is -2.34. The molecule has 1 aliphatic rings. The van der Waals surface area contributed by atoms with Crippen molar-refractivity contribution in [3.8, 4) is 5.75 Å². The van der Waals surface area contributed by atoms with E-state index >= 15 is 0 Å². The first-order valence-electron chi connectivity index (χ1n) is 10.2. The van der Waals surface area contributed by atoms with Crippen LogP contribution in [0.1, 0.15) is 39.0 Å². The maximum Gasteiger partial charge on any atom is 0.415 e. The molecule has 1 saturated carbocycles. The molecular formula is C21H33ClN2O4. The van der Waals surface area contributed by atoms with Crippen molar-refractivity contribution in [3.05, 3.63) is 29.3 Å². The van der Waals surface area contributed by atoms with Crippen LogP contribution in [0.25, 0.3) is 0 Å². The third-order valence-corrected chi connectivity index (χ3v) is 5.59. The normalized spacial score (nSPS) is 19.6. The number of hydrogen-bond acceptors (Lipinski definition) is 5. The van der Waals surface area contributed by atoms with Gasteiger partial charge in [0.1, 0.15) is 5.75 Å². The summed E-state index contributed by atoms with van der Waals surface area (Å²) in [6.07, 6.45) is 4.65. The molecule has 0 unspecified atom stereocenters. The number of aliphatic hydroxyl groups is 1.